The summed E-state index contributed by atoms with van der Waals surface area (Å²) in [6.07, 6.45) is 2.47. The molecule has 1 aromatic carbocycles. The molecule has 1 aliphatic carbocycles. The summed E-state index contributed by atoms with van der Waals surface area (Å²) in [7, 11) is 0. The molecule has 10 nitrogen and oxygen atoms in total. The van der Waals surface area contributed by atoms with Crippen LogP contribution in [0, 0.1) is 23.7 Å². The number of hydrogen-bond donors (Lipinski definition) is 1. The molecule has 10 heteroatoms. The van der Waals surface area contributed by atoms with Crippen LogP contribution >= 0.6 is 0 Å². The molecule has 2 fully saturated rings. The third kappa shape index (κ3) is 5.36. The van der Waals surface area contributed by atoms with Crippen LogP contribution in [0.1, 0.15) is 62.1 Å². The number of rotatable bonds is 6. The van der Waals surface area contributed by atoms with Crippen molar-refractivity contribution in [2.45, 2.75) is 53.5 Å². The summed E-state index contributed by atoms with van der Waals surface area (Å²) in [5.74, 6) is 0.453. The zero-order valence-electron chi connectivity index (χ0n) is 23.0. The first-order valence-electron chi connectivity index (χ1n) is 13.9. The Hall–Kier alpha value is -3.14. The largest absolute Gasteiger partial charge is 0.450 e. The molecule has 0 radical (unpaired) electrons. The molecule has 3 atom stereocenters. The van der Waals surface area contributed by atoms with Gasteiger partial charge in [-0.15, -0.1) is 0 Å². The standard InChI is InChI=1S/C28H41N5O5/c1-5-38-28(37)31-14-12-30(13-15-31)25(34)20-7-9-23-24(17-20)32(11-10-29)27(36)33(23)26(35)22-16-19(4)6-8-21(22)18(2)3/h7,9,17-19,21-22H,5-6,8,10-16,29H2,1-4H3/t19-,21+,22-/m1/s1. The minimum atomic E-state index is -0.399. The maximum atomic E-state index is 13.9. The topological polar surface area (TPSA) is 120 Å². The number of carbonyl (C=O) groups is 3. The molecule has 1 aromatic heterocycles. The van der Waals surface area contributed by atoms with Crippen molar-refractivity contribution in [2.75, 3.05) is 39.3 Å². The number of carbonyl (C=O) groups excluding carboxylic acids is 3. The first-order chi connectivity index (χ1) is 18.2. The maximum Gasteiger partial charge on any atom is 0.409 e. The van der Waals surface area contributed by atoms with Gasteiger partial charge in [-0.2, -0.15) is 0 Å². The second kappa shape index (κ2) is 11.7. The number of piperazine rings is 1. The lowest BCUT2D eigenvalue weighted by Crippen LogP contribution is -2.50. The predicted molar refractivity (Wildman–Crippen MR) is 145 cm³/mol. The summed E-state index contributed by atoms with van der Waals surface area (Å²) in [6.45, 7) is 10.6. The average Bonchev–Trinajstić information content (AvgIpc) is 3.18. The second-order valence-corrected chi connectivity index (χ2v) is 11.0. The molecular weight excluding hydrogens is 486 g/mol. The van der Waals surface area contributed by atoms with Gasteiger partial charge in [-0.25, -0.2) is 14.2 Å². The van der Waals surface area contributed by atoms with Gasteiger partial charge in [0, 0.05) is 50.7 Å². The van der Waals surface area contributed by atoms with Crippen LogP contribution < -0.4 is 11.4 Å². The fraction of sp³-hybridized carbons (Fsp3) is 0.643. The number of amides is 2. The molecule has 2 heterocycles. The van der Waals surface area contributed by atoms with Crippen molar-refractivity contribution < 1.29 is 19.1 Å². The van der Waals surface area contributed by atoms with Gasteiger partial charge in [0.05, 0.1) is 17.6 Å². The zero-order valence-corrected chi connectivity index (χ0v) is 23.0. The van der Waals surface area contributed by atoms with Crippen LogP contribution in [-0.4, -0.2) is 76.2 Å². The van der Waals surface area contributed by atoms with Gasteiger partial charge in [0.1, 0.15) is 0 Å². The van der Waals surface area contributed by atoms with Crippen molar-refractivity contribution in [3.05, 3.63) is 34.2 Å². The molecule has 1 saturated carbocycles. The Morgan fingerprint density at radius 2 is 1.74 bits per heavy atom. The van der Waals surface area contributed by atoms with Crippen LogP contribution in [0.15, 0.2) is 23.0 Å². The van der Waals surface area contributed by atoms with Gasteiger partial charge in [-0.05, 0) is 55.7 Å². The summed E-state index contributed by atoms with van der Waals surface area (Å²) < 4.78 is 7.89. The molecule has 38 heavy (non-hydrogen) atoms. The number of imidazole rings is 1. The van der Waals surface area contributed by atoms with Gasteiger partial charge in [0.15, 0.2) is 0 Å². The third-order valence-corrected chi connectivity index (χ3v) is 8.18. The van der Waals surface area contributed by atoms with E-state index >= 15 is 0 Å². The van der Waals surface area contributed by atoms with Gasteiger partial charge >= 0.3 is 11.8 Å². The SMILES string of the molecule is CCOC(=O)N1CCN(C(=O)c2ccc3c(c2)n(CCN)c(=O)n3C(=O)[C@@H]2C[C@H](C)CC[C@H]2C(C)C)CC1. The molecule has 1 saturated heterocycles. The highest BCUT2D eigenvalue weighted by molar-refractivity contribution is 5.99. The van der Waals surface area contributed by atoms with E-state index < -0.39 is 5.69 Å². The molecule has 2 amide bonds. The van der Waals surface area contributed by atoms with Crippen LogP contribution in [0.3, 0.4) is 0 Å². The quantitative estimate of drug-likeness (QED) is 0.617. The first-order valence-corrected chi connectivity index (χ1v) is 13.9. The van der Waals surface area contributed by atoms with Gasteiger partial charge in [0.25, 0.3) is 5.91 Å². The summed E-state index contributed by atoms with van der Waals surface area (Å²) >= 11 is 0. The van der Waals surface area contributed by atoms with Crippen molar-refractivity contribution in [2.24, 2.45) is 29.4 Å². The van der Waals surface area contributed by atoms with Gasteiger partial charge in [-0.1, -0.05) is 27.2 Å². The number of hydrogen-bond acceptors (Lipinski definition) is 6. The molecule has 208 valence electrons. The van der Waals surface area contributed by atoms with Gasteiger partial charge in [-0.3, -0.25) is 14.2 Å². The number of nitrogens with zero attached hydrogens (tertiary/aromatic N) is 4. The van der Waals surface area contributed by atoms with Crippen LogP contribution in [0.2, 0.25) is 0 Å². The Bertz CT molecular complexity index is 1240. The molecule has 0 unspecified atom stereocenters. The Morgan fingerprint density at radius 1 is 1.05 bits per heavy atom. The summed E-state index contributed by atoms with van der Waals surface area (Å²) in [4.78, 5) is 56.1. The minimum absolute atomic E-state index is 0.157. The molecule has 4 rings (SSSR count). The minimum Gasteiger partial charge on any atom is -0.450 e. The van der Waals surface area contributed by atoms with E-state index in [4.69, 9.17) is 10.5 Å². The predicted octanol–water partition coefficient (Wildman–Crippen LogP) is 3.02. The van der Waals surface area contributed by atoms with E-state index in [0.717, 1.165) is 19.3 Å². The lowest BCUT2D eigenvalue weighted by atomic mass is 9.69. The highest BCUT2D eigenvalue weighted by Gasteiger charge is 2.37. The Kier molecular flexibility index (Phi) is 8.60. The van der Waals surface area contributed by atoms with Crippen molar-refractivity contribution in [3.63, 3.8) is 0 Å². The number of benzene rings is 1. The number of ether oxygens (including phenoxy) is 1. The number of aromatic nitrogens is 2. The highest BCUT2D eigenvalue weighted by Crippen LogP contribution is 2.39. The van der Waals surface area contributed by atoms with E-state index in [1.807, 2.05) is 0 Å². The Labute approximate surface area is 223 Å². The number of nitrogens with two attached hydrogens (primary N) is 1. The van der Waals surface area contributed by atoms with Gasteiger partial charge < -0.3 is 20.3 Å². The van der Waals surface area contributed by atoms with E-state index in [1.54, 1.807) is 34.9 Å². The lowest BCUT2D eigenvalue weighted by Gasteiger charge is -2.36. The molecule has 2 aromatic rings. The fourth-order valence-electron chi connectivity index (χ4n) is 6.09. The van der Waals surface area contributed by atoms with Crippen LogP contribution in [0.25, 0.3) is 11.0 Å². The van der Waals surface area contributed by atoms with Crippen molar-refractivity contribution in [1.82, 2.24) is 18.9 Å². The average molecular weight is 528 g/mol. The molecule has 0 spiro atoms. The maximum absolute atomic E-state index is 13.9. The highest BCUT2D eigenvalue weighted by atomic mass is 16.6. The van der Waals surface area contributed by atoms with Crippen molar-refractivity contribution in [3.8, 4) is 0 Å². The van der Waals surface area contributed by atoms with Crippen LogP contribution in [0.5, 0.6) is 0 Å². The van der Waals surface area contributed by atoms with E-state index in [2.05, 4.69) is 20.8 Å². The van der Waals surface area contributed by atoms with E-state index in [9.17, 15) is 19.2 Å². The molecule has 1 aliphatic heterocycles. The molecule has 2 N–H and O–H groups in total. The molecular formula is C28H41N5O5. The monoisotopic (exact) mass is 527 g/mol. The zero-order chi connectivity index (χ0) is 27.6. The van der Waals surface area contributed by atoms with Crippen LogP contribution in [0.4, 0.5) is 4.79 Å². The van der Waals surface area contributed by atoms with E-state index in [-0.39, 0.29) is 42.8 Å². The third-order valence-electron chi connectivity index (χ3n) is 8.18. The van der Waals surface area contributed by atoms with E-state index in [0.29, 0.717) is 61.2 Å². The Morgan fingerprint density at radius 3 is 2.37 bits per heavy atom. The van der Waals surface area contributed by atoms with Gasteiger partial charge in [0.2, 0.25) is 5.91 Å². The molecule has 2 aliphatic rings. The summed E-state index contributed by atoms with van der Waals surface area (Å²) in [5, 5.41) is 0. The molecule has 0 bridgehead atoms. The number of fused-ring (bicyclic) bond motifs is 1. The normalized spacial score (nSPS) is 22.2. The second-order valence-electron chi connectivity index (χ2n) is 11.0. The fourth-order valence-corrected chi connectivity index (χ4v) is 6.09. The Balaban J connectivity index is 1.64. The smallest absolute Gasteiger partial charge is 0.409 e. The summed E-state index contributed by atoms with van der Waals surface area (Å²) in [5.41, 5.74) is 6.91. The lowest BCUT2D eigenvalue weighted by molar-refractivity contribution is 0.0570. The first kappa shape index (κ1) is 27.9. The van der Waals surface area contributed by atoms with Crippen LogP contribution in [-0.2, 0) is 11.3 Å². The van der Waals surface area contributed by atoms with Crippen molar-refractivity contribution in [1.29, 1.82) is 0 Å². The van der Waals surface area contributed by atoms with Crippen molar-refractivity contribution >= 4 is 28.9 Å². The summed E-state index contributed by atoms with van der Waals surface area (Å²) in [6, 6.07) is 5.09. The van der Waals surface area contributed by atoms with E-state index in [1.165, 1.54) is 9.13 Å².